The highest BCUT2D eigenvalue weighted by molar-refractivity contribution is 7.88. The van der Waals surface area contributed by atoms with E-state index in [4.69, 9.17) is 4.42 Å². The van der Waals surface area contributed by atoms with Gasteiger partial charge in [-0.15, -0.1) is 0 Å². The van der Waals surface area contributed by atoms with E-state index >= 15 is 0 Å². The third-order valence-electron chi connectivity index (χ3n) is 3.97. The zero-order valence-corrected chi connectivity index (χ0v) is 12.9. The second kappa shape index (κ2) is 6.28. The lowest BCUT2D eigenvalue weighted by atomic mass is 9.91. The maximum atomic E-state index is 11.6. The van der Waals surface area contributed by atoms with Gasteiger partial charge in [0.25, 0.3) is 0 Å². The Bertz CT molecular complexity index is 537. The van der Waals surface area contributed by atoms with E-state index in [0.717, 1.165) is 30.6 Å². The van der Waals surface area contributed by atoms with Gasteiger partial charge in [0, 0.05) is 25.1 Å². The van der Waals surface area contributed by atoms with E-state index in [0.29, 0.717) is 19.5 Å². The fraction of sp³-hybridized carbons (Fsp3) is 0.714. The summed E-state index contributed by atoms with van der Waals surface area (Å²) in [5.41, 5.74) is 0.837. The van der Waals surface area contributed by atoms with Crippen LogP contribution in [0.1, 0.15) is 43.6 Å². The van der Waals surface area contributed by atoms with Crippen molar-refractivity contribution in [1.29, 1.82) is 0 Å². The molecule has 2 heterocycles. The van der Waals surface area contributed by atoms with E-state index in [9.17, 15) is 13.5 Å². The lowest BCUT2D eigenvalue weighted by Crippen LogP contribution is -2.39. The van der Waals surface area contributed by atoms with Crippen LogP contribution < -0.4 is 0 Å². The fourth-order valence-electron chi connectivity index (χ4n) is 2.90. The van der Waals surface area contributed by atoms with Crippen molar-refractivity contribution in [2.45, 2.75) is 38.7 Å². The fourth-order valence-corrected chi connectivity index (χ4v) is 3.84. The molecule has 114 valence electrons. The summed E-state index contributed by atoms with van der Waals surface area (Å²) in [5.74, 6) is 1.02. The first-order valence-electron chi connectivity index (χ1n) is 7.11. The van der Waals surface area contributed by atoms with Gasteiger partial charge in [-0.1, -0.05) is 6.92 Å². The lowest BCUT2D eigenvalue weighted by molar-refractivity contribution is 0.121. The van der Waals surface area contributed by atoms with Crippen molar-refractivity contribution < 1.29 is 17.9 Å². The highest BCUT2D eigenvalue weighted by Gasteiger charge is 2.28. The van der Waals surface area contributed by atoms with Crippen LogP contribution in [-0.2, 0) is 16.4 Å². The molecule has 0 spiro atoms. The highest BCUT2D eigenvalue weighted by atomic mass is 32.2. The average molecular weight is 301 g/mol. The molecule has 1 aromatic heterocycles. The quantitative estimate of drug-likeness (QED) is 0.902. The summed E-state index contributed by atoms with van der Waals surface area (Å²) >= 11 is 0. The first-order chi connectivity index (χ1) is 9.41. The monoisotopic (exact) mass is 301 g/mol. The summed E-state index contributed by atoms with van der Waals surface area (Å²) in [6, 6.07) is 1.81. The van der Waals surface area contributed by atoms with Crippen molar-refractivity contribution in [3.05, 3.63) is 23.7 Å². The van der Waals surface area contributed by atoms with Crippen LogP contribution in [0, 0.1) is 5.92 Å². The van der Waals surface area contributed by atoms with E-state index in [-0.39, 0.29) is 5.92 Å². The van der Waals surface area contributed by atoms with Crippen LogP contribution in [0.2, 0.25) is 0 Å². The molecule has 1 aliphatic rings. The van der Waals surface area contributed by atoms with E-state index in [1.165, 1.54) is 10.6 Å². The summed E-state index contributed by atoms with van der Waals surface area (Å²) in [4.78, 5) is 0. The SMILES string of the molecule is CCc1occc1C(O)CC1CCCN(S(C)(=O)=O)C1. The normalized spacial score (nSPS) is 22.9. The number of nitrogens with zero attached hydrogens (tertiary/aromatic N) is 1. The minimum atomic E-state index is -3.13. The molecule has 0 amide bonds. The van der Waals surface area contributed by atoms with Gasteiger partial charge in [0.2, 0.25) is 10.0 Å². The Balaban J connectivity index is 1.99. The van der Waals surface area contributed by atoms with Gasteiger partial charge in [-0.3, -0.25) is 0 Å². The highest BCUT2D eigenvalue weighted by Crippen LogP contribution is 2.30. The van der Waals surface area contributed by atoms with Crippen molar-refractivity contribution in [3.63, 3.8) is 0 Å². The molecular weight excluding hydrogens is 278 g/mol. The summed E-state index contributed by atoms with van der Waals surface area (Å²) in [5, 5.41) is 10.3. The van der Waals surface area contributed by atoms with Crippen LogP contribution in [0.4, 0.5) is 0 Å². The van der Waals surface area contributed by atoms with Gasteiger partial charge in [0.05, 0.1) is 18.6 Å². The van der Waals surface area contributed by atoms with Crippen LogP contribution in [-0.4, -0.2) is 37.2 Å². The second-order valence-corrected chi connectivity index (χ2v) is 7.52. The number of aliphatic hydroxyl groups is 1. The first kappa shape index (κ1) is 15.5. The predicted octanol–water partition coefficient (Wildman–Crippen LogP) is 1.94. The van der Waals surface area contributed by atoms with E-state index in [1.54, 1.807) is 12.3 Å². The van der Waals surface area contributed by atoms with E-state index in [1.807, 2.05) is 6.92 Å². The molecule has 0 saturated carbocycles. The number of hydrogen-bond acceptors (Lipinski definition) is 4. The summed E-state index contributed by atoms with van der Waals surface area (Å²) in [7, 11) is -3.13. The maximum absolute atomic E-state index is 11.6. The van der Waals surface area contributed by atoms with Crippen molar-refractivity contribution in [2.75, 3.05) is 19.3 Å². The first-order valence-corrected chi connectivity index (χ1v) is 8.96. The zero-order valence-electron chi connectivity index (χ0n) is 12.1. The smallest absolute Gasteiger partial charge is 0.211 e. The molecule has 0 bridgehead atoms. The summed E-state index contributed by atoms with van der Waals surface area (Å²) < 4.78 is 30.0. The predicted molar refractivity (Wildman–Crippen MR) is 76.8 cm³/mol. The van der Waals surface area contributed by atoms with Crippen LogP contribution in [0.5, 0.6) is 0 Å². The Morgan fingerprint density at radius 3 is 2.95 bits per heavy atom. The molecule has 0 aliphatic carbocycles. The van der Waals surface area contributed by atoms with E-state index < -0.39 is 16.1 Å². The van der Waals surface area contributed by atoms with Crippen LogP contribution in [0.15, 0.2) is 16.7 Å². The third kappa shape index (κ3) is 3.62. The molecule has 20 heavy (non-hydrogen) atoms. The Morgan fingerprint density at radius 2 is 2.30 bits per heavy atom. The van der Waals surface area contributed by atoms with Gasteiger partial charge >= 0.3 is 0 Å². The molecule has 5 nitrogen and oxygen atoms in total. The largest absolute Gasteiger partial charge is 0.469 e. The standard InChI is InChI=1S/C14H23NO4S/c1-3-14-12(6-8-19-14)13(16)9-11-5-4-7-15(10-11)20(2,17)18/h6,8,11,13,16H,3-5,7,9-10H2,1-2H3. The molecule has 1 aliphatic heterocycles. The van der Waals surface area contributed by atoms with Crippen molar-refractivity contribution in [2.24, 2.45) is 5.92 Å². The minimum absolute atomic E-state index is 0.202. The lowest BCUT2D eigenvalue weighted by Gasteiger charge is -2.32. The molecule has 2 atom stereocenters. The van der Waals surface area contributed by atoms with Crippen molar-refractivity contribution in [1.82, 2.24) is 4.31 Å². The average Bonchev–Trinajstić information content (AvgIpc) is 2.86. The molecule has 1 saturated heterocycles. The number of aryl methyl sites for hydroxylation is 1. The molecule has 0 radical (unpaired) electrons. The van der Waals surface area contributed by atoms with Crippen LogP contribution >= 0.6 is 0 Å². The number of furan rings is 1. The van der Waals surface area contributed by atoms with Gasteiger partial charge in [0.15, 0.2) is 0 Å². The summed E-state index contributed by atoms with van der Waals surface area (Å²) in [6.07, 6.45) is 5.42. The van der Waals surface area contributed by atoms with Gasteiger partial charge < -0.3 is 9.52 Å². The molecule has 1 aromatic rings. The van der Waals surface area contributed by atoms with Crippen LogP contribution in [0.25, 0.3) is 0 Å². The summed E-state index contributed by atoms with van der Waals surface area (Å²) in [6.45, 7) is 3.09. The van der Waals surface area contributed by atoms with E-state index in [2.05, 4.69) is 0 Å². The van der Waals surface area contributed by atoms with Gasteiger partial charge in [-0.05, 0) is 31.2 Å². The van der Waals surface area contributed by atoms with Crippen molar-refractivity contribution in [3.8, 4) is 0 Å². The molecule has 6 heteroatoms. The topological polar surface area (TPSA) is 70.8 Å². The number of hydrogen-bond donors (Lipinski definition) is 1. The van der Waals surface area contributed by atoms with Crippen LogP contribution in [0.3, 0.4) is 0 Å². The molecule has 2 unspecified atom stereocenters. The Morgan fingerprint density at radius 1 is 1.55 bits per heavy atom. The Labute approximate surface area is 120 Å². The molecule has 1 fully saturated rings. The minimum Gasteiger partial charge on any atom is -0.469 e. The molecule has 0 aromatic carbocycles. The van der Waals surface area contributed by atoms with Gasteiger partial charge in [-0.2, -0.15) is 0 Å². The van der Waals surface area contributed by atoms with Gasteiger partial charge in [0.1, 0.15) is 5.76 Å². The van der Waals surface area contributed by atoms with Gasteiger partial charge in [-0.25, -0.2) is 12.7 Å². The number of sulfonamides is 1. The molecular formula is C14H23NO4S. The Hall–Kier alpha value is -0.850. The zero-order chi connectivity index (χ0) is 14.8. The number of rotatable bonds is 5. The second-order valence-electron chi connectivity index (χ2n) is 5.53. The third-order valence-corrected chi connectivity index (χ3v) is 5.24. The molecule has 2 rings (SSSR count). The molecule has 1 N–H and O–H groups in total. The Kier molecular flexibility index (Phi) is 4.88. The number of aliphatic hydroxyl groups excluding tert-OH is 1. The van der Waals surface area contributed by atoms with Crippen molar-refractivity contribution >= 4 is 10.0 Å². The maximum Gasteiger partial charge on any atom is 0.211 e. The number of piperidine rings is 1.